The maximum atomic E-state index is 13.4. The molecule has 5 heterocycles. The molecule has 18 heteroatoms. The first-order chi connectivity index (χ1) is 20.8. The highest BCUT2D eigenvalue weighted by Crippen LogP contribution is 2.35. The van der Waals surface area contributed by atoms with Gasteiger partial charge in [-0.2, -0.15) is 18.2 Å². The van der Waals surface area contributed by atoms with E-state index in [9.17, 15) is 26.7 Å². The van der Waals surface area contributed by atoms with Crippen molar-refractivity contribution < 1.29 is 26.7 Å². The number of rotatable bonds is 9. The molecule has 0 atom stereocenters. The highest BCUT2D eigenvalue weighted by Gasteiger charge is 2.37. The molecule has 1 aliphatic heterocycles. The number of alkyl halides is 5. The molecular weight excluding hydrogens is 615 g/mol. The van der Waals surface area contributed by atoms with Crippen LogP contribution in [0.3, 0.4) is 0 Å². The fourth-order valence-corrected chi connectivity index (χ4v) is 4.85. The Morgan fingerprint density at radius 1 is 1.20 bits per heavy atom. The molecular formula is C26H26ClF5N10O2. The molecule has 0 unspecified atom stereocenters. The molecule has 4 N–H and O–H groups in total. The quantitative estimate of drug-likeness (QED) is 0.182. The number of ether oxygens (including phenoxy) is 1. The van der Waals surface area contributed by atoms with Crippen LogP contribution in [0.5, 0.6) is 5.75 Å². The Bertz CT molecular complexity index is 1770. The molecule has 0 spiro atoms. The van der Waals surface area contributed by atoms with Crippen molar-refractivity contribution in [3.63, 3.8) is 0 Å². The Morgan fingerprint density at radius 2 is 1.98 bits per heavy atom. The lowest BCUT2D eigenvalue weighted by molar-refractivity contribution is -0.138. The highest BCUT2D eigenvalue weighted by molar-refractivity contribution is 6.36. The number of anilines is 3. The number of aryl methyl sites for hydroxylation is 2. The minimum absolute atomic E-state index is 0.00460. The molecule has 44 heavy (non-hydrogen) atoms. The van der Waals surface area contributed by atoms with Gasteiger partial charge in [0, 0.05) is 52.5 Å². The van der Waals surface area contributed by atoms with Crippen molar-refractivity contribution in [2.24, 2.45) is 19.8 Å². The van der Waals surface area contributed by atoms with Gasteiger partial charge in [-0.15, -0.1) is 0 Å². The van der Waals surface area contributed by atoms with E-state index in [0.717, 1.165) is 10.8 Å². The highest BCUT2D eigenvalue weighted by atomic mass is 35.5. The van der Waals surface area contributed by atoms with Crippen molar-refractivity contribution in [3.05, 3.63) is 63.7 Å². The first kappa shape index (κ1) is 30.9. The molecule has 234 valence electrons. The van der Waals surface area contributed by atoms with Gasteiger partial charge < -0.3 is 30.2 Å². The van der Waals surface area contributed by atoms with Gasteiger partial charge in [0.25, 0.3) is 11.5 Å². The average molecular weight is 641 g/mol. The maximum absolute atomic E-state index is 13.4. The number of pyridine rings is 2. The van der Waals surface area contributed by atoms with Crippen molar-refractivity contribution in [2.75, 3.05) is 36.8 Å². The Kier molecular flexibility index (Phi) is 8.35. The second kappa shape index (κ2) is 11.9. The molecule has 0 saturated carbocycles. The van der Waals surface area contributed by atoms with Gasteiger partial charge in [-0.3, -0.25) is 9.69 Å². The van der Waals surface area contributed by atoms with E-state index < -0.39 is 23.2 Å². The van der Waals surface area contributed by atoms with Crippen LogP contribution in [0, 0.1) is 0 Å². The predicted octanol–water partition coefficient (Wildman–Crippen LogP) is 3.96. The number of fused-ring (bicyclic) bond motifs is 1. The number of nitrogens with zero attached hydrogens (tertiary/aromatic N) is 7. The van der Waals surface area contributed by atoms with Crippen LogP contribution in [0.25, 0.3) is 16.9 Å². The summed E-state index contributed by atoms with van der Waals surface area (Å²) in [5.74, 6) is -2.09. The van der Waals surface area contributed by atoms with E-state index in [1.807, 2.05) is 0 Å². The third-order valence-corrected chi connectivity index (χ3v) is 7.19. The summed E-state index contributed by atoms with van der Waals surface area (Å²) in [6, 6.07) is 0.695. The van der Waals surface area contributed by atoms with Crippen molar-refractivity contribution in [1.29, 1.82) is 0 Å². The van der Waals surface area contributed by atoms with E-state index in [-0.39, 0.29) is 58.0 Å². The van der Waals surface area contributed by atoms with E-state index in [1.165, 1.54) is 37.3 Å². The van der Waals surface area contributed by atoms with E-state index in [2.05, 4.69) is 30.6 Å². The number of nitrogens with two attached hydrogens (primary N) is 1. The molecule has 0 aliphatic carbocycles. The number of likely N-dealkylation sites (tertiary alicyclic amines) is 1. The van der Waals surface area contributed by atoms with Crippen LogP contribution in [0.15, 0.2) is 41.8 Å². The summed E-state index contributed by atoms with van der Waals surface area (Å²) in [7, 11) is 2.73. The van der Waals surface area contributed by atoms with Gasteiger partial charge in [0.05, 0.1) is 30.7 Å². The number of halogens is 6. The minimum atomic E-state index is -4.67. The minimum Gasteiger partial charge on any atom is -0.450 e. The summed E-state index contributed by atoms with van der Waals surface area (Å²) < 4.78 is 74.7. The molecule has 12 nitrogen and oxygen atoms in total. The fourth-order valence-electron chi connectivity index (χ4n) is 4.55. The average Bonchev–Trinajstić information content (AvgIpc) is 3.48. The van der Waals surface area contributed by atoms with Gasteiger partial charge in [0.1, 0.15) is 27.7 Å². The second-order valence-electron chi connectivity index (χ2n) is 10.0. The van der Waals surface area contributed by atoms with Crippen LogP contribution in [-0.2, 0) is 20.3 Å². The molecule has 4 aromatic rings. The smallest absolute Gasteiger partial charge is 0.417 e. The number of imidazole rings is 1. The van der Waals surface area contributed by atoms with Crippen molar-refractivity contribution in [3.8, 4) is 5.75 Å². The van der Waals surface area contributed by atoms with Gasteiger partial charge in [-0.25, -0.2) is 23.7 Å². The van der Waals surface area contributed by atoms with Gasteiger partial charge in [0.2, 0.25) is 5.95 Å². The standard InChI is InChI=1S/C26H26ClF5N10O2/c1-40-12-14(26(30,31)32)7-15(23(40)43)38-24-39-22-21(41(24)2)20(27)18(10-37-22)44-17(8-33)16-9-36-19(11-35-16)34-4-6-42-5-3-25(28,29)13-42/h7-12H,3-6,13,33H2,1-2H3,(H,34,36)(H,37,38,39)/b17-8+. The number of nitrogens with one attached hydrogen (secondary N) is 2. The van der Waals surface area contributed by atoms with E-state index in [4.69, 9.17) is 22.1 Å². The van der Waals surface area contributed by atoms with Crippen molar-refractivity contribution in [2.45, 2.75) is 18.5 Å². The molecule has 0 bridgehead atoms. The zero-order valence-corrected chi connectivity index (χ0v) is 24.0. The third-order valence-electron chi connectivity index (χ3n) is 6.82. The summed E-state index contributed by atoms with van der Waals surface area (Å²) in [5.41, 5.74) is 4.34. The molecule has 0 radical (unpaired) electrons. The van der Waals surface area contributed by atoms with Gasteiger partial charge >= 0.3 is 6.18 Å². The van der Waals surface area contributed by atoms with Crippen LogP contribution in [0.4, 0.5) is 39.4 Å². The Balaban J connectivity index is 1.30. The predicted molar refractivity (Wildman–Crippen MR) is 153 cm³/mol. The van der Waals surface area contributed by atoms with E-state index >= 15 is 0 Å². The third kappa shape index (κ3) is 6.52. The molecule has 4 aromatic heterocycles. The van der Waals surface area contributed by atoms with Crippen LogP contribution >= 0.6 is 11.6 Å². The lowest BCUT2D eigenvalue weighted by Crippen LogP contribution is -2.29. The Hall–Kier alpha value is -4.51. The first-order valence-corrected chi connectivity index (χ1v) is 13.5. The van der Waals surface area contributed by atoms with Crippen molar-refractivity contribution >= 4 is 46.0 Å². The van der Waals surface area contributed by atoms with Crippen molar-refractivity contribution in [1.82, 2.24) is 34.0 Å². The van der Waals surface area contributed by atoms with Gasteiger partial charge in [-0.05, 0) is 6.07 Å². The molecule has 5 rings (SSSR count). The number of hydrogen-bond acceptors (Lipinski definition) is 10. The second-order valence-corrected chi connectivity index (χ2v) is 10.4. The maximum Gasteiger partial charge on any atom is 0.417 e. The lowest BCUT2D eigenvalue weighted by Gasteiger charge is -2.16. The Morgan fingerprint density at radius 3 is 2.61 bits per heavy atom. The van der Waals surface area contributed by atoms with Gasteiger partial charge in [0.15, 0.2) is 17.2 Å². The molecule has 0 aromatic carbocycles. The summed E-state index contributed by atoms with van der Waals surface area (Å²) in [6.45, 7) is 0.880. The summed E-state index contributed by atoms with van der Waals surface area (Å²) in [5, 5.41) is 5.71. The summed E-state index contributed by atoms with van der Waals surface area (Å²) in [4.78, 5) is 31.2. The van der Waals surface area contributed by atoms with Crippen LogP contribution < -0.4 is 26.7 Å². The largest absolute Gasteiger partial charge is 0.450 e. The zero-order valence-electron chi connectivity index (χ0n) is 23.3. The van der Waals surface area contributed by atoms with Crippen LogP contribution in [0.1, 0.15) is 17.7 Å². The van der Waals surface area contributed by atoms with Gasteiger partial charge in [-0.1, -0.05) is 11.6 Å². The summed E-state index contributed by atoms with van der Waals surface area (Å²) >= 11 is 6.61. The molecule has 1 saturated heterocycles. The Labute approximate surface area is 251 Å². The molecule has 1 aliphatic rings. The zero-order chi connectivity index (χ0) is 31.8. The monoisotopic (exact) mass is 640 g/mol. The fraction of sp³-hybridized carbons (Fsp3) is 0.346. The van der Waals surface area contributed by atoms with Crippen LogP contribution in [-0.4, -0.2) is 66.1 Å². The SMILES string of the molecule is Cn1cc(C(F)(F)F)cc(Nc2nc3ncc(O/C(=C/N)c4cnc(NCCN5CCC(F)(F)C5)cn4)c(Cl)c3n2C)c1=O. The first-order valence-electron chi connectivity index (χ1n) is 13.1. The molecule has 1 fully saturated rings. The number of aromatic nitrogens is 6. The topological polar surface area (TPSA) is 141 Å². The van der Waals surface area contributed by atoms with Crippen LogP contribution in [0.2, 0.25) is 5.02 Å². The number of hydrogen-bond donors (Lipinski definition) is 3. The molecule has 0 amide bonds. The lowest BCUT2D eigenvalue weighted by atomic mass is 10.2. The summed E-state index contributed by atoms with van der Waals surface area (Å²) in [6.07, 6.45) is 1.12. The van der Waals surface area contributed by atoms with E-state index in [1.54, 1.807) is 4.90 Å². The normalized spacial score (nSPS) is 15.6. The van der Waals surface area contributed by atoms with E-state index in [0.29, 0.717) is 37.7 Å².